The van der Waals surface area contributed by atoms with Crippen LogP contribution in [0.5, 0.6) is 0 Å². The second-order valence-electron chi connectivity index (χ2n) is 12.8. The maximum Gasteiger partial charge on any atom is 0.238 e. The van der Waals surface area contributed by atoms with E-state index in [0.29, 0.717) is 51.8 Å². The van der Waals surface area contributed by atoms with Crippen LogP contribution in [0.3, 0.4) is 0 Å². The van der Waals surface area contributed by atoms with Gasteiger partial charge in [0.15, 0.2) is 22.8 Å². The molecule has 5 aromatic heterocycles. The zero-order valence-electron chi connectivity index (χ0n) is 27.9. The first kappa shape index (κ1) is 29.2. The van der Waals surface area contributed by atoms with Gasteiger partial charge in [0.1, 0.15) is 16.7 Å². The van der Waals surface area contributed by atoms with Crippen LogP contribution in [0.2, 0.25) is 0 Å². The molecule has 0 radical (unpaired) electrons. The van der Waals surface area contributed by atoms with Gasteiger partial charge in [0.05, 0.1) is 16.6 Å². The second-order valence-corrected chi connectivity index (χ2v) is 12.8. The van der Waals surface area contributed by atoms with E-state index in [-0.39, 0.29) is 0 Å². The van der Waals surface area contributed by atoms with Crippen LogP contribution in [0.1, 0.15) is 0 Å². The van der Waals surface area contributed by atoms with E-state index in [4.69, 9.17) is 38.7 Å². The fourth-order valence-electron chi connectivity index (χ4n) is 7.03. The number of para-hydroxylation sites is 7. The first-order valence-corrected chi connectivity index (χ1v) is 17.2. The second kappa shape index (κ2) is 11.5. The number of aromatic nitrogens is 7. The van der Waals surface area contributed by atoms with Gasteiger partial charge in [0.2, 0.25) is 17.7 Å². The van der Waals surface area contributed by atoms with Crippen LogP contribution in [0.4, 0.5) is 0 Å². The smallest absolute Gasteiger partial charge is 0.238 e. The van der Waals surface area contributed by atoms with E-state index in [1.54, 1.807) is 0 Å². The number of benzene rings is 6. The third-order valence-electron chi connectivity index (χ3n) is 9.50. The first-order chi connectivity index (χ1) is 26.2. The molecule has 6 aromatic carbocycles. The Morgan fingerprint density at radius 3 is 1.57 bits per heavy atom. The molecule has 0 N–H and O–H groups in total. The van der Waals surface area contributed by atoms with Crippen molar-refractivity contribution in [1.82, 2.24) is 34.5 Å². The number of pyridine rings is 1. The number of oxazole rings is 2. The Morgan fingerprint density at radius 2 is 0.925 bits per heavy atom. The van der Waals surface area contributed by atoms with Crippen molar-refractivity contribution in [1.29, 1.82) is 0 Å². The van der Waals surface area contributed by atoms with Crippen LogP contribution >= 0.6 is 0 Å². The Hall–Kier alpha value is -7.52. The van der Waals surface area contributed by atoms with Gasteiger partial charge in [-0.3, -0.25) is 4.57 Å². The highest BCUT2D eigenvalue weighted by Gasteiger charge is 2.21. The molecule has 0 aliphatic heterocycles. The molecule has 11 aromatic rings. The Morgan fingerprint density at radius 1 is 0.396 bits per heavy atom. The number of hydrogen-bond acceptors (Lipinski definition) is 8. The molecule has 0 atom stereocenters. The maximum absolute atomic E-state index is 6.28. The predicted octanol–water partition coefficient (Wildman–Crippen LogP) is 10.5. The molecule has 0 aliphatic rings. The van der Waals surface area contributed by atoms with E-state index < -0.39 is 0 Å². The highest BCUT2D eigenvalue weighted by atomic mass is 16.4. The molecule has 0 unspecified atom stereocenters. The van der Waals surface area contributed by atoms with Crippen LogP contribution in [-0.2, 0) is 0 Å². The van der Waals surface area contributed by atoms with Crippen molar-refractivity contribution in [3.05, 3.63) is 152 Å². The molecule has 0 spiro atoms. The van der Waals surface area contributed by atoms with Gasteiger partial charge in [-0.25, -0.2) is 19.9 Å². The SMILES string of the molecule is c1ccc2nc(-c3nc(-c4cc(-c5nc6ccccc6o5)cc(-c5nc6ccccc6o5)c4)nc(-n4c5ccccc5c5ccccc54)n3)ccc2c1. The zero-order valence-corrected chi connectivity index (χ0v) is 27.9. The Bertz CT molecular complexity index is 3000. The third kappa shape index (κ3) is 4.86. The molecule has 0 saturated heterocycles. The van der Waals surface area contributed by atoms with Gasteiger partial charge >= 0.3 is 0 Å². The van der Waals surface area contributed by atoms with Crippen molar-refractivity contribution in [2.75, 3.05) is 0 Å². The minimum Gasteiger partial charge on any atom is -0.436 e. The number of rotatable bonds is 5. The minimum atomic E-state index is 0.438. The highest BCUT2D eigenvalue weighted by molar-refractivity contribution is 6.09. The molecule has 0 fully saturated rings. The molecule has 11 rings (SSSR count). The standard InChI is InChI=1S/C44H25N7O2/c1-4-14-32-26(11-1)21-22-35(45-32)41-48-40(49-44(50-41)51-36-17-7-2-12-30(36)31-13-3-8-18-37(31)51)27-23-28(42-46-33-15-5-9-19-38(33)52-42)25-29(24-27)43-47-34-16-6-10-20-39(34)53-43/h1-25H. The fourth-order valence-corrected chi connectivity index (χ4v) is 7.03. The normalized spacial score (nSPS) is 11.8. The van der Waals surface area contributed by atoms with E-state index in [2.05, 4.69) is 28.8 Å². The summed E-state index contributed by atoms with van der Waals surface area (Å²) in [5.41, 5.74) is 8.49. The largest absolute Gasteiger partial charge is 0.436 e. The fraction of sp³-hybridized carbons (Fsp3) is 0. The molecule has 9 nitrogen and oxygen atoms in total. The van der Waals surface area contributed by atoms with Crippen LogP contribution in [0, 0.1) is 0 Å². The van der Waals surface area contributed by atoms with Crippen LogP contribution < -0.4 is 0 Å². The molecule has 0 saturated carbocycles. The van der Waals surface area contributed by atoms with Gasteiger partial charge in [0, 0.05) is 32.8 Å². The van der Waals surface area contributed by atoms with Gasteiger partial charge in [0.25, 0.3) is 0 Å². The minimum absolute atomic E-state index is 0.438. The lowest BCUT2D eigenvalue weighted by Gasteiger charge is -2.12. The molecule has 0 aliphatic carbocycles. The summed E-state index contributed by atoms with van der Waals surface area (Å²) in [6.07, 6.45) is 0. The Labute approximate surface area is 300 Å². The molecule has 9 heteroatoms. The topological polar surface area (TPSA) is 109 Å². The number of hydrogen-bond donors (Lipinski definition) is 0. The van der Waals surface area contributed by atoms with Crippen LogP contribution in [0.15, 0.2) is 160 Å². The van der Waals surface area contributed by atoms with Crippen LogP contribution in [0.25, 0.3) is 107 Å². The molecular weight excluding hydrogens is 659 g/mol. The van der Waals surface area contributed by atoms with Crippen molar-refractivity contribution < 1.29 is 8.83 Å². The van der Waals surface area contributed by atoms with E-state index >= 15 is 0 Å². The number of nitrogens with zero attached hydrogens (tertiary/aromatic N) is 7. The van der Waals surface area contributed by atoms with E-state index in [1.165, 1.54) is 0 Å². The summed E-state index contributed by atoms with van der Waals surface area (Å²) in [5, 5.41) is 3.24. The monoisotopic (exact) mass is 683 g/mol. The lowest BCUT2D eigenvalue weighted by atomic mass is 10.0. The van der Waals surface area contributed by atoms with Crippen molar-refractivity contribution in [2.45, 2.75) is 0 Å². The average molecular weight is 684 g/mol. The summed E-state index contributed by atoms with van der Waals surface area (Å²) < 4.78 is 14.6. The lowest BCUT2D eigenvalue weighted by molar-refractivity contribution is 0.617. The van der Waals surface area contributed by atoms with E-state index in [9.17, 15) is 0 Å². The third-order valence-corrected chi connectivity index (χ3v) is 9.50. The van der Waals surface area contributed by atoms with Gasteiger partial charge in [-0.1, -0.05) is 84.9 Å². The van der Waals surface area contributed by atoms with Crippen LogP contribution in [-0.4, -0.2) is 34.5 Å². The molecule has 248 valence electrons. The van der Waals surface area contributed by atoms with Gasteiger partial charge in [-0.05, 0) is 66.7 Å². The van der Waals surface area contributed by atoms with Crippen molar-refractivity contribution >= 4 is 54.9 Å². The molecule has 0 amide bonds. The summed E-state index contributed by atoms with van der Waals surface area (Å²) in [5.74, 6) is 2.26. The van der Waals surface area contributed by atoms with Gasteiger partial charge < -0.3 is 8.83 Å². The van der Waals surface area contributed by atoms with Crippen molar-refractivity contribution in [3.8, 4) is 51.8 Å². The molecule has 0 bridgehead atoms. The number of fused-ring (bicyclic) bond motifs is 6. The quantitative estimate of drug-likeness (QED) is 0.176. The summed E-state index contributed by atoms with van der Waals surface area (Å²) in [6.45, 7) is 0. The molecular formula is C44H25N7O2. The Balaban J connectivity index is 1.19. The maximum atomic E-state index is 6.28. The molecule has 53 heavy (non-hydrogen) atoms. The first-order valence-electron chi connectivity index (χ1n) is 17.2. The van der Waals surface area contributed by atoms with E-state index in [0.717, 1.165) is 54.9 Å². The molecule has 5 heterocycles. The Kier molecular flexibility index (Phi) is 6.35. The zero-order chi connectivity index (χ0) is 34.9. The summed E-state index contributed by atoms with van der Waals surface area (Å²) >= 11 is 0. The van der Waals surface area contributed by atoms with Gasteiger partial charge in [-0.2, -0.15) is 9.97 Å². The lowest BCUT2D eigenvalue weighted by Crippen LogP contribution is -2.07. The van der Waals surface area contributed by atoms with Crippen molar-refractivity contribution in [2.24, 2.45) is 0 Å². The summed E-state index contributed by atoms with van der Waals surface area (Å²) in [7, 11) is 0. The van der Waals surface area contributed by atoms with Crippen molar-refractivity contribution in [3.63, 3.8) is 0 Å². The summed E-state index contributed by atoms with van der Waals surface area (Å²) in [4.78, 5) is 30.1. The van der Waals surface area contributed by atoms with E-state index in [1.807, 2.05) is 127 Å². The average Bonchev–Trinajstić information content (AvgIpc) is 3.95. The van der Waals surface area contributed by atoms with Gasteiger partial charge in [-0.15, -0.1) is 0 Å². The predicted molar refractivity (Wildman–Crippen MR) is 206 cm³/mol. The highest BCUT2D eigenvalue weighted by Crippen LogP contribution is 2.36. The summed E-state index contributed by atoms with van der Waals surface area (Å²) in [6, 6.07) is 50.0.